The fraction of sp³-hybridized carbons (Fsp3) is 0. The van der Waals surface area contributed by atoms with Gasteiger partial charge in [-0.05, 0) is 30.4 Å². The maximum atomic E-state index is 11.4. The van der Waals surface area contributed by atoms with Crippen molar-refractivity contribution in [1.29, 1.82) is 0 Å². The van der Waals surface area contributed by atoms with Crippen LogP contribution < -0.4 is 16.6 Å². The molecule has 1 aromatic carbocycles. The van der Waals surface area contributed by atoms with Gasteiger partial charge in [-0.25, -0.2) is 0 Å². The highest BCUT2D eigenvalue weighted by Crippen LogP contribution is 2.18. The number of nitrogens with one attached hydrogen (secondary N) is 2. The minimum atomic E-state index is -0.424. The summed E-state index contributed by atoms with van der Waals surface area (Å²) in [5, 5.41) is 0.724. The van der Waals surface area contributed by atoms with Crippen molar-refractivity contribution in [2.45, 2.75) is 0 Å². The third kappa shape index (κ3) is 3.91. The van der Waals surface area contributed by atoms with Crippen LogP contribution in [0.1, 0.15) is 10.4 Å². The Bertz CT molecular complexity index is 391. The van der Waals surface area contributed by atoms with E-state index in [1.165, 1.54) is 18.2 Å². The molecule has 0 saturated heterocycles. The quantitative estimate of drug-likeness (QED) is 0.531. The molecule has 1 aromatic rings. The van der Waals surface area contributed by atoms with Crippen molar-refractivity contribution in [3.8, 4) is 0 Å². The monoisotopic (exact) mass is 263 g/mol. The van der Waals surface area contributed by atoms with Crippen LogP contribution in [0.4, 0.5) is 0 Å². The Balaban J connectivity index is 2.77. The summed E-state index contributed by atoms with van der Waals surface area (Å²) < 4.78 is 0. The van der Waals surface area contributed by atoms with Gasteiger partial charge in [0, 0.05) is 15.6 Å². The van der Waals surface area contributed by atoms with Gasteiger partial charge in [-0.15, -0.1) is 0 Å². The number of rotatable bonds is 1. The van der Waals surface area contributed by atoms with Gasteiger partial charge in [0.1, 0.15) is 0 Å². The van der Waals surface area contributed by atoms with E-state index >= 15 is 0 Å². The van der Waals surface area contributed by atoms with Gasteiger partial charge >= 0.3 is 0 Å². The van der Waals surface area contributed by atoms with Gasteiger partial charge in [0.15, 0.2) is 5.11 Å². The summed E-state index contributed by atoms with van der Waals surface area (Å²) in [5.74, 6) is -0.424. The number of hydrogen-bond acceptors (Lipinski definition) is 2. The van der Waals surface area contributed by atoms with Crippen LogP contribution in [-0.2, 0) is 0 Å². The molecule has 0 saturated carbocycles. The highest BCUT2D eigenvalue weighted by Gasteiger charge is 2.07. The molecule has 80 valence electrons. The molecule has 1 amide bonds. The Hall–Kier alpha value is -1.04. The van der Waals surface area contributed by atoms with Crippen LogP contribution in [0.2, 0.25) is 10.0 Å². The average Bonchev–Trinajstić information content (AvgIpc) is 2.12. The molecule has 0 bridgehead atoms. The smallest absolute Gasteiger partial charge is 0.269 e. The number of hydrogen-bond donors (Lipinski definition) is 3. The lowest BCUT2D eigenvalue weighted by molar-refractivity contribution is 0.0944. The molecule has 0 fully saturated rings. The molecule has 0 aromatic heterocycles. The standard InChI is InChI=1S/C8H7Cl2N3OS/c9-5-1-4(2-6(10)3-5)7(14)12-13-8(11)15/h1-3H,(H,12,14)(H3,11,13,15). The van der Waals surface area contributed by atoms with E-state index in [2.05, 4.69) is 23.1 Å². The molecule has 0 aliphatic rings. The SMILES string of the molecule is NC(=S)NNC(=O)c1cc(Cl)cc(Cl)c1. The number of carbonyl (C=O) groups excluding carboxylic acids is 1. The molecule has 0 radical (unpaired) electrons. The van der Waals surface area contributed by atoms with Crippen LogP contribution in [0.15, 0.2) is 18.2 Å². The predicted octanol–water partition coefficient (Wildman–Crippen LogP) is 1.47. The first kappa shape index (κ1) is 12.0. The fourth-order valence-electron chi connectivity index (χ4n) is 0.875. The van der Waals surface area contributed by atoms with Gasteiger partial charge < -0.3 is 5.73 Å². The molecule has 4 nitrogen and oxygen atoms in total. The molecule has 4 N–H and O–H groups in total. The molecule has 15 heavy (non-hydrogen) atoms. The molecular weight excluding hydrogens is 257 g/mol. The van der Waals surface area contributed by atoms with Crippen LogP contribution >= 0.6 is 35.4 Å². The number of carbonyl (C=O) groups is 1. The molecule has 0 unspecified atom stereocenters. The second-order valence-corrected chi connectivity index (χ2v) is 3.91. The van der Waals surface area contributed by atoms with Gasteiger partial charge in [0.2, 0.25) is 0 Å². The van der Waals surface area contributed by atoms with Crippen molar-refractivity contribution in [3.63, 3.8) is 0 Å². The van der Waals surface area contributed by atoms with E-state index in [1.807, 2.05) is 0 Å². The molecule has 1 rings (SSSR count). The van der Waals surface area contributed by atoms with E-state index in [1.54, 1.807) is 0 Å². The Kier molecular flexibility index (Phi) is 4.14. The van der Waals surface area contributed by atoms with Gasteiger partial charge in [0.25, 0.3) is 5.91 Å². The second-order valence-electron chi connectivity index (χ2n) is 2.60. The van der Waals surface area contributed by atoms with Crippen LogP contribution in [0.25, 0.3) is 0 Å². The number of benzene rings is 1. The summed E-state index contributed by atoms with van der Waals surface area (Å²) in [6, 6.07) is 4.48. The third-order valence-corrected chi connectivity index (χ3v) is 1.96. The largest absolute Gasteiger partial charge is 0.375 e. The maximum Gasteiger partial charge on any atom is 0.269 e. The molecule has 7 heteroatoms. The number of nitrogens with two attached hydrogens (primary N) is 1. The van der Waals surface area contributed by atoms with Crippen molar-refractivity contribution >= 4 is 46.4 Å². The molecule has 0 atom stereocenters. The zero-order valence-corrected chi connectivity index (χ0v) is 9.71. The maximum absolute atomic E-state index is 11.4. The van der Waals surface area contributed by atoms with Gasteiger partial charge in [0.05, 0.1) is 0 Å². The zero-order chi connectivity index (χ0) is 11.4. The van der Waals surface area contributed by atoms with Crippen LogP contribution in [0.5, 0.6) is 0 Å². The Morgan fingerprint density at radius 2 is 1.73 bits per heavy atom. The van der Waals surface area contributed by atoms with E-state index in [4.69, 9.17) is 28.9 Å². The van der Waals surface area contributed by atoms with Gasteiger partial charge in [-0.1, -0.05) is 23.2 Å². The van der Waals surface area contributed by atoms with Crippen molar-refractivity contribution in [3.05, 3.63) is 33.8 Å². The van der Waals surface area contributed by atoms with Gasteiger partial charge in [-0.3, -0.25) is 15.6 Å². The third-order valence-electron chi connectivity index (χ3n) is 1.42. The highest BCUT2D eigenvalue weighted by atomic mass is 35.5. The first-order valence-electron chi connectivity index (χ1n) is 3.81. The average molecular weight is 264 g/mol. The fourth-order valence-corrected chi connectivity index (χ4v) is 1.45. The zero-order valence-electron chi connectivity index (χ0n) is 7.38. The first-order valence-corrected chi connectivity index (χ1v) is 4.97. The van der Waals surface area contributed by atoms with E-state index in [9.17, 15) is 4.79 Å². The highest BCUT2D eigenvalue weighted by molar-refractivity contribution is 7.80. The first-order chi connectivity index (χ1) is 6.99. The summed E-state index contributed by atoms with van der Waals surface area (Å²) in [6.45, 7) is 0. The lowest BCUT2D eigenvalue weighted by atomic mass is 10.2. The Morgan fingerprint density at radius 1 is 1.20 bits per heavy atom. The van der Waals surface area contributed by atoms with Crippen molar-refractivity contribution < 1.29 is 4.79 Å². The summed E-state index contributed by atoms with van der Waals surface area (Å²) in [7, 11) is 0. The van der Waals surface area contributed by atoms with Crippen LogP contribution in [0, 0.1) is 0 Å². The van der Waals surface area contributed by atoms with Crippen LogP contribution in [-0.4, -0.2) is 11.0 Å². The number of hydrazine groups is 1. The normalized spacial score (nSPS) is 9.47. The molecule has 0 aliphatic heterocycles. The van der Waals surface area contributed by atoms with Gasteiger partial charge in [-0.2, -0.15) is 0 Å². The Labute approximate surface area is 102 Å². The minimum Gasteiger partial charge on any atom is -0.375 e. The Morgan fingerprint density at radius 3 is 2.20 bits per heavy atom. The summed E-state index contributed by atoms with van der Waals surface area (Å²) in [4.78, 5) is 11.4. The van der Waals surface area contributed by atoms with Crippen LogP contribution in [0.3, 0.4) is 0 Å². The second kappa shape index (κ2) is 5.16. The number of halogens is 2. The predicted molar refractivity (Wildman–Crippen MR) is 63.8 cm³/mol. The topological polar surface area (TPSA) is 67.2 Å². The van der Waals surface area contributed by atoms with Crippen molar-refractivity contribution in [2.75, 3.05) is 0 Å². The minimum absolute atomic E-state index is 0.0310. The summed E-state index contributed by atoms with van der Waals surface area (Å²) in [5.41, 5.74) is 10.0. The number of amides is 1. The summed E-state index contributed by atoms with van der Waals surface area (Å²) >= 11 is 16.0. The van der Waals surface area contributed by atoms with E-state index in [0.717, 1.165) is 0 Å². The lowest BCUT2D eigenvalue weighted by Gasteiger charge is -2.06. The number of thiocarbonyl (C=S) groups is 1. The molecular formula is C8H7Cl2N3OS. The van der Waals surface area contributed by atoms with E-state index < -0.39 is 5.91 Å². The van der Waals surface area contributed by atoms with Crippen molar-refractivity contribution in [1.82, 2.24) is 10.9 Å². The van der Waals surface area contributed by atoms with E-state index in [0.29, 0.717) is 15.6 Å². The lowest BCUT2D eigenvalue weighted by Crippen LogP contribution is -2.44. The molecule has 0 spiro atoms. The van der Waals surface area contributed by atoms with Crippen molar-refractivity contribution in [2.24, 2.45) is 5.73 Å². The molecule has 0 aliphatic carbocycles. The molecule has 0 heterocycles. The summed E-state index contributed by atoms with van der Waals surface area (Å²) in [6.07, 6.45) is 0. The van der Waals surface area contributed by atoms with E-state index in [-0.39, 0.29) is 5.11 Å².